The maximum atomic E-state index is 12.0. The van der Waals surface area contributed by atoms with E-state index in [-0.39, 0.29) is 0 Å². The van der Waals surface area contributed by atoms with Gasteiger partial charge >= 0.3 is 0 Å². The van der Waals surface area contributed by atoms with Gasteiger partial charge in [-0.05, 0) is 25.2 Å². The van der Waals surface area contributed by atoms with Crippen molar-refractivity contribution < 1.29 is 8.42 Å². The van der Waals surface area contributed by atoms with Gasteiger partial charge in [-0.2, -0.15) is 5.26 Å². The van der Waals surface area contributed by atoms with Crippen molar-refractivity contribution in [1.82, 2.24) is 4.31 Å². The van der Waals surface area contributed by atoms with Gasteiger partial charge in [0.25, 0.3) is 0 Å². The lowest BCUT2D eigenvalue weighted by atomic mass is 10.4. The first-order valence-corrected chi connectivity index (χ1v) is 6.95. The molecule has 0 spiro atoms. The summed E-state index contributed by atoms with van der Waals surface area (Å²) in [7, 11) is -3.40. The van der Waals surface area contributed by atoms with E-state index in [1.54, 1.807) is 6.92 Å². The van der Waals surface area contributed by atoms with Gasteiger partial charge in [-0.25, -0.2) is 12.7 Å². The van der Waals surface area contributed by atoms with Crippen LogP contribution in [0, 0.1) is 17.2 Å². The first kappa shape index (κ1) is 12.5. The fourth-order valence-corrected chi connectivity index (χ4v) is 3.24. The first-order chi connectivity index (χ1) is 7.06. The van der Waals surface area contributed by atoms with Crippen molar-refractivity contribution in [3.8, 4) is 6.07 Å². The maximum absolute atomic E-state index is 12.0. The fourth-order valence-electron chi connectivity index (χ4n) is 1.55. The molecule has 0 saturated heterocycles. The number of nitrogens with zero attached hydrogens (tertiary/aromatic N) is 2. The van der Waals surface area contributed by atoms with E-state index in [9.17, 15) is 8.42 Å². The summed E-state index contributed by atoms with van der Waals surface area (Å²) in [4.78, 5) is 0. The molecule has 0 N–H and O–H groups in total. The van der Waals surface area contributed by atoms with Gasteiger partial charge in [-0.1, -0.05) is 13.8 Å². The molecular formula is C10H18N2O2S. The zero-order chi connectivity index (χ0) is 11.5. The lowest BCUT2D eigenvalue weighted by Gasteiger charge is -2.22. The molecule has 4 nitrogen and oxygen atoms in total. The molecule has 1 rings (SSSR count). The number of hydrogen-bond donors (Lipinski definition) is 0. The highest BCUT2D eigenvalue weighted by Crippen LogP contribution is 2.31. The lowest BCUT2D eigenvalue weighted by molar-refractivity contribution is 0.407. The average Bonchev–Trinajstić information content (AvgIpc) is 2.98. The van der Waals surface area contributed by atoms with E-state index in [1.165, 1.54) is 4.31 Å². The Hall–Kier alpha value is -0.600. The molecule has 0 aromatic rings. The zero-order valence-electron chi connectivity index (χ0n) is 9.31. The third-order valence-corrected chi connectivity index (χ3v) is 5.03. The maximum Gasteiger partial charge on any atom is 0.230 e. The van der Waals surface area contributed by atoms with Gasteiger partial charge in [0, 0.05) is 13.1 Å². The van der Waals surface area contributed by atoms with Crippen LogP contribution in [-0.2, 0) is 10.0 Å². The zero-order valence-corrected chi connectivity index (χ0v) is 10.1. The number of sulfonamides is 1. The molecule has 1 saturated carbocycles. The summed E-state index contributed by atoms with van der Waals surface area (Å²) in [5.41, 5.74) is 0. The molecule has 1 aliphatic rings. The third kappa shape index (κ3) is 2.93. The van der Waals surface area contributed by atoms with Crippen LogP contribution < -0.4 is 0 Å². The highest BCUT2D eigenvalue weighted by molar-refractivity contribution is 7.90. The van der Waals surface area contributed by atoms with Crippen molar-refractivity contribution in [2.45, 2.75) is 38.4 Å². The van der Waals surface area contributed by atoms with Gasteiger partial charge in [0.05, 0.1) is 6.07 Å². The average molecular weight is 230 g/mol. The van der Waals surface area contributed by atoms with E-state index in [0.717, 1.165) is 12.8 Å². The van der Waals surface area contributed by atoms with E-state index < -0.39 is 15.3 Å². The summed E-state index contributed by atoms with van der Waals surface area (Å²) in [5.74, 6) is 0.524. The van der Waals surface area contributed by atoms with Crippen molar-refractivity contribution >= 4 is 10.0 Å². The largest absolute Gasteiger partial charge is 0.230 e. The van der Waals surface area contributed by atoms with Gasteiger partial charge in [0.2, 0.25) is 10.0 Å². The first-order valence-electron chi connectivity index (χ1n) is 5.44. The van der Waals surface area contributed by atoms with Crippen LogP contribution in [0.4, 0.5) is 0 Å². The second kappa shape index (κ2) is 4.95. The van der Waals surface area contributed by atoms with E-state index in [4.69, 9.17) is 5.26 Å². The van der Waals surface area contributed by atoms with Crippen LogP contribution >= 0.6 is 0 Å². The van der Waals surface area contributed by atoms with Crippen LogP contribution in [0.5, 0.6) is 0 Å². The number of nitriles is 1. The molecule has 1 unspecified atom stereocenters. The monoisotopic (exact) mass is 230 g/mol. The summed E-state index contributed by atoms with van der Waals surface area (Å²) in [5, 5.41) is 7.92. The Balaban J connectivity index is 2.75. The van der Waals surface area contributed by atoms with Crippen LogP contribution in [0.3, 0.4) is 0 Å². The second-order valence-electron chi connectivity index (χ2n) is 3.96. The molecule has 1 fully saturated rings. The number of hydrogen-bond acceptors (Lipinski definition) is 3. The Morgan fingerprint density at radius 2 is 2.07 bits per heavy atom. The van der Waals surface area contributed by atoms with Crippen molar-refractivity contribution in [3.63, 3.8) is 0 Å². The second-order valence-corrected chi connectivity index (χ2v) is 6.08. The van der Waals surface area contributed by atoms with Gasteiger partial charge in [0.1, 0.15) is 0 Å². The Morgan fingerprint density at radius 1 is 1.47 bits per heavy atom. The number of rotatable bonds is 6. The molecule has 1 aliphatic carbocycles. The predicted molar refractivity (Wildman–Crippen MR) is 58.6 cm³/mol. The highest BCUT2D eigenvalue weighted by Gasteiger charge is 2.34. The quantitative estimate of drug-likeness (QED) is 0.692. The molecule has 15 heavy (non-hydrogen) atoms. The van der Waals surface area contributed by atoms with E-state index in [2.05, 4.69) is 0 Å². The van der Waals surface area contributed by atoms with E-state index in [1.807, 2.05) is 13.0 Å². The molecule has 0 aromatic carbocycles. The highest BCUT2D eigenvalue weighted by atomic mass is 32.2. The Bertz CT molecular complexity index is 341. The SMILES string of the molecule is CCC(C#N)S(=O)(=O)N(CC)CC1CC1. The molecule has 0 aromatic heterocycles. The van der Waals surface area contributed by atoms with Crippen LogP contribution in [0.2, 0.25) is 0 Å². The standard InChI is InChI=1S/C10H18N2O2S/c1-3-10(7-11)15(13,14)12(4-2)8-9-5-6-9/h9-10H,3-6,8H2,1-2H3. The summed E-state index contributed by atoms with van der Waals surface area (Å²) >= 11 is 0. The van der Waals surface area contributed by atoms with Crippen LogP contribution in [0.25, 0.3) is 0 Å². The molecular weight excluding hydrogens is 212 g/mol. The fraction of sp³-hybridized carbons (Fsp3) is 0.900. The molecule has 86 valence electrons. The Labute approximate surface area is 91.9 Å². The summed E-state index contributed by atoms with van der Waals surface area (Å²) in [6.45, 7) is 4.62. The molecule has 5 heteroatoms. The molecule has 0 amide bonds. The minimum Gasteiger partial charge on any atom is -0.211 e. The summed E-state index contributed by atoms with van der Waals surface area (Å²) in [6.07, 6.45) is 2.60. The van der Waals surface area contributed by atoms with Gasteiger partial charge in [-0.15, -0.1) is 0 Å². The molecule has 0 radical (unpaired) electrons. The Kier molecular flexibility index (Phi) is 4.12. The van der Waals surface area contributed by atoms with Crippen molar-refractivity contribution in [2.24, 2.45) is 5.92 Å². The Morgan fingerprint density at radius 3 is 2.40 bits per heavy atom. The molecule has 0 heterocycles. The molecule has 0 aliphatic heterocycles. The molecule has 0 bridgehead atoms. The van der Waals surface area contributed by atoms with Crippen LogP contribution in [0.1, 0.15) is 33.1 Å². The summed E-state index contributed by atoms with van der Waals surface area (Å²) in [6, 6.07) is 1.87. The summed E-state index contributed by atoms with van der Waals surface area (Å²) < 4.78 is 25.4. The van der Waals surface area contributed by atoms with E-state index in [0.29, 0.717) is 25.4 Å². The van der Waals surface area contributed by atoms with Gasteiger partial charge < -0.3 is 0 Å². The van der Waals surface area contributed by atoms with Crippen molar-refractivity contribution in [2.75, 3.05) is 13.1 Å². The van der Waals surface area contributed by atoms with Crippen LogP contribution in [0.15, 0.2) is 0 Å². The minimum absolute atomic E-state index is 0.361. The lowest BCUT2D eigenvalue weighted by Crippen LogP contribution is -2.39. The van der Waals surface area contributed by atoms with E-state index >= 15 is 0 Å². The predicted octanol–water partition coefficient (Wildman–Crippen LogP) is 1.35. The molecule has 1 atom stereocenters. The van der Waals surface area contributed by atoms with Gasteiger partial charge in [0.15, 0.2) is 5.25 Å². The van der Waals surface area contributed by atoms with Crippen molar-refractivity contribution in [1.29, 1.82) is 5.26 Å². The van der Waals surface area contributed by atoms with Crippen molar-refractivity contribution in [3.05, 3.63) is 0 Å². The smallest absolute Gasteiger partial charge is 0.211 e. The normalized spacial score (nSPS) is 18.8. The minimum atomic E-state index is -3.40. The third-order valence-electron chi connectivity index (χ3n) is 2.75. The van der Waals surface area contributed by atoms with Crippen LogP contribution in [-0.4, -0.2) is 31.1 Å². The topological polar surface area (TPSA) is 61.2 Å². The van der Waals surface area contributed by atoms with Gasteiger partial charge in [-0.3, -0.25) is 0 Å².